The number of rotatable bonds is 5. The SMILES string of the molecule is C[C@@H](N)c1ccc(SOON(C)C)cc1. The van der Waals surface area contributed by atoms with Crippen LogP contribution < -0.4 is 5.73 Å². The summed E-state index contributed by atoms with van der Waals surface area (Å²) in [7, 11) is 3.50. The molecule has 0 spiro atoms. The molecule has 84 valence electrons. The second kappa shape index (κ2) is 6.09. The zero-order valence-corrected chi connectivity index (χ0v) is 9.95. The lowest BCUT2D eigenvalue weighted by Crippen LogP contribution is -2.10. The number of benzene rings is 1. The van der Waals surface area contributed by atoms with Crippen molar-refractivity contribution in [2.45, 2.75) is 17.9 Å². The standard InChI is InChI=1S/C10H16N2O2S/c1-8(11)9-4-6-10(7-5-9)15-14-13-12(2)3/h4-8H,11H2,1-3H3/t8-/m1/s1. The van der Waals surface area contributed by atoms with Crippen molar-refractivity contribution in [3.05, 3.63) is 29.8 Å². The predicted octanol–water partition coefficient (Wildman–Crippen LogP) is 2.14. The molecule has 0 saturated carbocycles. The van der Waals surface area contributed by atoms with Crippen molar-refractivity contribution >= 4 is 12.0 Å². The quantitative estimate of drug-likeness (QED) is 0.475. The second-order valence-corrected chi connectivity index (χ2v) is 4.17. The van der Waals surface area contributed by atoms with Crippen molar-refractivity contribution in [2.24, 2.45) is 5.73 Å². The Balaban J connectivity index is 2.43. The molecule has 1 aromatic rings. The van der Waals surface area contributed by atoms with Gasteiger partial charge < -0.3 is 5.73 Å². The highest BCUT2D eigenvalue weighted by molar-refractivity contribution is 7.94. The Morgan fingerprint density at radius 2 is 1.87 bits per heavy atom. The average Bonchev–Trinajstić information content (AvgIpc) is 2.18. The van der Waals surface area contributed by atoms with Gasteiger partial charge in [0, 0.05) is 25.0 Å². The zero-order chi connectivity index (χ0) is 11.3. The van der Waals surface area contributed by atoms with Crippen LogP contribution in [0.5, 0.6) is 0 Å². The average molecular weight is 228 g/mol. The van der Waals surface area contributed by atoms with Crippen molar-refractivity contribution in [1.82, 2.24) is 5.06 Å². The lowest BCUT2D eigenvalue weighted by Gasteiger charge is -2.08. The fourth-order valence-electron chi connectivity index (χ4n) is 0.942. The van der Waals surface area contributed by atoms with E-state index in [1.54, 1.807) is 14.1 Å². The minimum Gasteiger partial charge on any atom is -0.324 e. The number of hydrogen-bond acceptors (Lipinski definition) is 5. The Morgan fingerprint density at radius 3 is 2.33 bits per heavy atom. The topological polar surface area (TPSA) is 47.7 Å². The molecule has 0 amide bonds. The van der Waals surface area contributed by atoms with E-state index in [9.17, 15) is 0 Å². The summed E-state index contributed by atoms with van der Waals surface area (Å²) in [5.74, 6) is 0. The van der Waals surface area contributed by atoms with E-state index in [1.165, 1.54) is 5.06 Å². The van der Waals surface area contributed by atoms with Crippen LogP contribution in [0.4, 0.5) is 0 Å². The molecule has 0 radical (unpaired) electrons. The Morgan fingerprint density at radius 1 is 1.27 bits per heavy atom. The third-order valence-electron chi connectivity index (χ3n) is 1.72. The lowest BCUT2D eigenvalue weighted by atomic mass is 10.1. The Bertz CT molecular complexity index is 288. The van der Waals surface area contributed by atoms with Gasteiger partial charge in [-0.3, -0.25) is 0 Å². The molecule has 1 aromatic carbocycles. The van der Waals surface area contributed by atoms with Gasteiger partial charge in [-0.2, -0.15) is 5.06 Å². The molecule has 0 heterocycles. The van der Waals surface area contributed by atoms with E-state index in [4.69, 9.17) is 15.1 Å². The first-order chi connectivity index (χ1) is 7.09. The van der Waals surface area contributed by atoms with Crippen molar-refractivity contribution in [3.8, 4) is 0 Å². The number of hydroxylamine groups is 2. The molecule has 0 aliphatic heterocycles. The van der Waals surface area contributed by atoms with Crippen LogP contribution in [-0.2, 0) is 9.32 Å². The minimum absolute atomic E-state index is 0.0583. The molecule has 0 saturated heterocycles. The van der Waals surface area contributed by atoms with Crippen molar-refractivity contribution < 1.29 is 9.32 Å². The molecule has 5 heteroatoms. The monoisotopic (exact) mass is 228 g/mol. The van der Waals surface area contributed by atoms with E-state index < -0.39 is 0 Å². The molecule has 15 heavy (non-hydrogen) atoms. The van der Waals surface area contributed by atoms with Gasteiger partial charge in [-0.15, -0.1) is 9.32 Å². The molecule has 0 aromatic heterocycles. The highest BCUT2D eigenvalue weighted by Gasteiger charge is 2.00. The maximum atomic E-state index is 5.73. The van der Waals surface area contributed by atoms with Crippen LogP contribution >= 0.6 is 12.0 Å². The third-order valence-corrected chi connectivity index (χ3v) is 2.31. The fourth-order valence-corrected chi connectivity index (χ4v) is 1.42. The maximum Gasteiger partial charge on any atom is 0.0702 e. The summed E-state index contributed by atoms with van der Waals surface area (Å²) in [6, 6.07) is 7.91. The molecule has 1 rings (SSSR count). The van der Waals surface area contributed by atoms with E-state index in [0.717, 1.165) is 22.5 Å². The molecule has 0 unspecified atom stereocenters. The van der Waals surface area contributed by atoms with Crippen molar-refractivity contribution in [1.29, 1.82) is 0 Å². The van der Waals surface area contributed by atoms with Crippen LogP contribution in [0.2, 0.25) is 0 Å². The smallest absolute Gasteiger partial charge is 0.0702 e. The zero-order valence-electron chi connectivity index (χ0n) is 9.14. The molecule has 0 aliphatic rings. The Labute approximate surface area is 94.4 Å². The van der Waals surface area contributed by atoms with Gasteiger partial charge in [0.1, 0.15) is 0 Å². The molecule has 0 fully saturated rings. The fraction of sp³-hybridized carbons (Fsp3) is 0.400. The van der Waals surface area contributed by atoms with Gasteiger partial charge >= 0.3 is 0 Å². The van der Waals surface area contributed by atoms with Gasteiger partial charge in [-0.05, 0) is 24.6 Å². The summed E-state index contributed by atoms with van der Waals surface area (Å²) in [5, 5.41) is 1.48. The minimum atomic E-state index is 0.0583. The van der Waals surface area contributed by atoms with E-state index in [2.05, 4.69) is 0 Å². The molecule has 2 N–H and O–H groups in total. The molecule has 4 nitrogen and oxygen atoms in total. The van der Waals surface area contributed by atoms with Gasteiger partial charge in [0.25, 0.3) is 0 Å². The number of nitrogens with zero attached hydrogens (tertiary/aromatic N) is 1. The van der Waals surface area contributed by atoms with Crippen molar-refractivity contribution in [2.75, 3.05) is 14.1 Å². The molecular weight excluding hydrogens is 212 g/mol. The number of hydrogen-bond donors (Lipinski definition) is 1. The third kappa shape index (κ3) is 4.63. The van der Waals surface area contributed by atoms with E-state index in [1.807, 2.05) is 31.2 Å². The van der Waals surface area contributed by atoms with E-state index >= 15 is 0 Å². The molecule has 0 aliphatic carbocycles. The lowest BCUT2D eigenvalue weighted by molar-refractivity contribution is -0.340. The van der Waals surface area contributed by atoms with Crippen LogP contribution in [0.1, 0.15) is 18.5 Å². The summed E-state index contributed by atoms with van der Waals surface area (Å²) in [6.45, 7) is 1.95. The molecule has 0 bridgehead atoms. The van der Waals surface area contributed by atoms with Gasteiger partial charge in [0.15, 0.2) is 0 Å². The van der Waals surface area contributed by atoms with Crippen LogP contribution in [-0.4, -0.2) is 19.2 Å². The van der Waals surface area contributed by atoms with Crippen LogP contribution in [0.15, 0.2) is 29.2 Å². The first kappa shape index (κ1) is 12.5. The largest absolute Gasteiger partial charge is 0.324 e. The molecular formula is C10H16N2O2S. The summed E-state index contributed by atoms with van der Waals surface area (Å²) >= 11 is 1.16. The van der Waals surface area contributed by atoms with Crippen molar-refractivity contribution in [3.63, 3.8) is 0 Å². The highest BCUT2D eigenvalue weighted by Crippen LogP contribution is 2.21. The van der Waals surface area contributed by atoms with Crippen LogP contribution in [0, 0.1) is 0 Å². The summed E-state index contributed by atoms with van der Waals surface area (Å²) in [4.78, 5) is 5.77. The van der Waals surface area contributed by atoms with Crippen LogP contribution in [0.3, 0.4) is 0 Å². The van der Waals surface area contributed by atoms with Gasteiger partial charge in [0.05, 0.1) is 12.0 Å². The predicted molar refractivity (Wildman–Crippen MR) is 60.8 cm³/mol. The Hall–Kier alpha value is -0.590. The summed E-state index contributed by atoms with van der Waals surface area (Å²) in [5.41, 5.74) is 6.84. The van der Waals surface area contributed by atoms with Gasteiger partial charge in [0.2, 0.25) is 0 Å². The van der Waals surface area contributed by atoms with E-state index in [-0.39, 0.29) is 6.04 Å². The van der Waals surface area contributed by atoms with E-state index in [0.29, 0.717) is 0 Å². The normalized spacial score (nSPS) is 13.1. The van der Waals surface area contributed by atoms with Gasteiger partial charge in [-0.1, -0.05) is 12.1 Å². The summed E-state index contributed by atoms with van der Waals surface area (Å²) < 4.78 is 4.89. The first-order valence-corrected chi connectivity index (χ1v) is 5.38. The van der Waals surface area contributed by atoms with Crippen LogP contribution in [0.25, 0.3) is 0 Å². The highest BCUT2D eigenvalue weighted by atomic mass is 32.2. The summed E-state index contributed by atoms with van der Waals surface area (Å²) in [6.07, 6.45) is 0. The Kier molecular flexibility index (Phi) is 5.07. The number of nitrogens with two attached hydrogens (primary N) is 1. The van der Waals surface area contributed by atoms with Gasteiger partial charge in [-0.25, -0.2) is 0 Å². The maximum absolute atomic E-state index is 5.73. The molecule has 1 atom stereocenters. The second-order valence-electron chi connectivity index (χ2n) is 3.40. The first-order valence-electron chi connectivity index (χ1n) is 4.64.